The number of hydrogen-bond acceptors (Lipinski definition) is 7. The van der Waals surface area contributed by atoms with Crippen molar-refractivity contribution in [2.75, 3.05) is 44.2 Å². The van der Waals surface area contributed by atoms with Crippen LogP contribution in [0.5, 0.6) is 0 Å². The Bertz CT molecular complexity index is 2170. The largest absolute Gasteiger partial charge is 0.417 e. The van der Waals surface area contributed by atoms with Crippen molar-refractivity contribution in [3.8, 4) is 22.4 Å². The molecule has 2 aromatic carbocycles. The fraction of sp³-hybridized carbons (Fsp3) is 0.308. The maximum Gasteiger partial charge on any atom is 0.417 e. The minimum Gasteiger partial charge on any atom is -0.353 e. The molecule has 6 heterocycles. The van der Waals surface area contributed by atoms with E-state index in [1.165, 1.54) is 11.6 Å². The number of carbonyl (C=O) groups excluding carboxylic acids is 1. The molecule has 0 unspecified atom stereocenters. The zero-order valence-electron chi connectivity index (χ0n) is 28.2. The number of aryl methyl sites for hydroxylation is 1. The Hall–Kier alpha value is -5.36. The number of likely N-dealkylation sites (tertiary alicyclic amines) is 1. The third-order valence-corrected chi connectivity index (χ3v) is 10.0. The van der Waals surface area contributed by atoms with E-state index in [1.54, 1.807) is 0 Å². The van der Waals surface area contributed by atoms with Crippen LogP contribution in [0.15, 0.2) is 91.3 Å². The Morgan fingerprint density at radius 2 is 1.57 bits per heavy atom. The van der Waals surface area contributed by atoms with Gasteiger partial charge in [0.25, 0.3) is 0 Å². The smallest absolute Gasteiger partial charge is 0.353 e. The van der Waals surface area contributed by atoms with E-state index in [9.17, 15) is 18.0 Å². The molecule has 0 bridgehead atoms. The van der Waals surface area contributed by atoms with Gasteiger partial charge in [0.15, 0.2) is 11.3 Å². The molecule has 4 aromatic heterocycles. The number of piperazine rings is 1. The van der Waals surface area contributed by atoms with Crippen LogP contribution in [-0.2, 0) is 17.5 Å². The molecule has 9 nitrogen and oxygen atoms in total. The summed E-state index contributed by atoms with van der Waals surface area (Å²) in [5.41, 5.74) is 6.88. The molecule has 51 heavy (non-hydrogen) atoms. The second-order valence-corrected chi connectivity index (χ2v) is 13.4. The van der Waals surface area contributed by atoms with E-state index in [4.69, 9.17) is 4.98 Å². The summed E-state index contributed by atoms with van der Waals surface area (Å²) in [5.74, 6) is 0.661. The van der Waals surface area contributed by atoms with Crippen LogP contribution in [-0.4, -0.2) is 79.5 Å². The average Bonchev–Trinajstić information content (AvgIpc) is 3.55. The standard InChI is InChI=1S/C39H37F3N8O/c1-26-21-35-43-23-31-22-33(28-5-3-2-4-6-28)36(45-37(31)50(35)46-26)29-9-7-27(8-10-29)25-47-15-13-30(14-16-47)38(51)49-19-17-48(18-20-49)34-12-11-32(24-44-34)39(40,41)42/h2-12,21-24,30H,13-20,25H2,1H3. The Balaban J connectivity index is 0.902. The van der Waals surface area contributed by atoms with Gasteiger partial charge in [0.1, 0.15) is 5.82 Å². The highest BCUT2D eigenvalue weighted by molar-refractivity contribution is 5.90. The van der Waals surface area contributed by atoms with Crippen molar-refractivity contribution in [3.63, 3.8) is 0 Å². The summed E-state index contributed by atoms with van der Waals surface area (Å²) in [6, 6.07) is 25.4. The number of nitrogens with zero attached hydrogens (tertiary/aromatic N) is 8. The number of anilines is 1. The van der Waals surface area contributed by atoms with E-state index in [-0.39, 0.29) is 11.8 Å². The first-order valence-corrected chi connectivity index (χ1v) is 17.3. The lowest BCUT2D eigenvalue weighted by Gasteiger charge is -2.39. The second kappa shape index (κ2) is 13.4. The van der Waals surface area contributed by atoms with E-state index in [0.717, 1.165) is 89.5 Å². The van der Waals surface area contributed by atoms with E-state index >= 15 is 0 Å². The molecule has 6 aromatic rings. The van der Waals surface area contributed by atoms with Gasteiger partial charge in [-0.05, 0) is 62.2 Å². The summed E-state index contributed by atoms with van der Waals surface area (Å²) >= 11 is 0. The first kappa shape index (κ1) is 32.8. The number of piperidine rings is 1. The lowest BCUT2D eigenvalue weighted by Crippen LogP contribution is -2.51. The number of rotatable bonds is 6. The zero-order chi connectivity index (χ0) is 35.1. The molecule has 8 rings (SSSR count). The summed E-state index contributed by atoms with van der Waals surface area (Å²) in [7, 11) is 0. The molecule has 0 aliphatic carbocycles. The molecule has 0 N–H and O–H groups in total. The van der Waals surface area contributed by atoms with E-state index in [1.807, 2.05) is 51.7 Å². The van der Waals surface area contributed by atoms with Gasteiger partial charge in [-0.1, -0.05) is 54.6 Å². The number of alkyl halides is 3. The molecule has 0 atom stereocenters. The molecule has 1 amide bonds. The molecule has 0 radical (unpaired) electrons. The summed E-state index contributed by atoms with van der Waals surface area (Å²) < 4.78 is 40.6. The maximum atomic E-state index is 13.4. The van der Waals surface area contributed by atoms with Crippen molar-refractivity contribution in [2.24, 2.45) is 5.92 Å². The number of aromatic nitrogens is 5. The van der Waals surface area contributed by atoms with Gasteiger partial charge in [-0.2, -0.15) is 22.8 Å². The predicted octanol–water partition coefficient (Wildman–Crippen LogP) is 6.89. The lowest BCUT2D eigenvalue weighted by molar-refractivity contribution is -0.138. The van der Waals surface area contributed by atoms with E-state index < -0.39 is 11.7 Å². The third kappa shape index (κ3) is 6.75. The average molecular weight is 691 g/mol. The van der Waals surface area contributed by atoms with Crippen molar-refractivity contribution >= 4 is 28.4 Å². The molecule has 2 fully saturated rings. The van der Waals surface area contributed by atoms with Crippen molar-refractivity contribution in [1.29, 1.82) is 0 Å². The Labute approximate surface area is 293 Å². The van der Waals surface area contributed by atoms with Crippen molar-refractivity contribution in [1.82, 2.24) is 34.4 Å². The highest BCUT2D eigenvalue weighted by atomic mass is 19.4. The lowest BCUT2D eigenvalue weighted by atomic mass is 9.94. The van der Waals surface area contributed by atoms with Crippen LogP contribution in [0.3, 0.4) is 0 Å². The molecule has 260 valence electrons. The summed E-state index contributed by atoms with van der Waals surface area (Å²) in [4.78, 5) is 33.4. The Kier molecular flexibility index (Phi) is 8.63. The van der Waals surface area contributed by atoms with Gasteiger partial charge in [0.05, 0.1) is 17.0 Å². The quantitative estimate of drug-likeness (QED) is 0.188. The van der Waals surface area contributed by atoms with Gasteiger partial charge in [-0.25, -0.2) is 15.0 Å². The van der Waals surface area contributed by atoms with E-state index in [2.05, 4.69) is 62.4 Å². The monoisotopic (exact) mass is 690 g/mol. The van der Waals surface area contributed by atoms with Crippen LogP contribution in [0.4, 0.5) is 19.0 Å². The predicted molar refractivity (Wildman–Crippen MR) is 190 cm³/mol. The van der Waals surface area contributed by atoms with Gasteiger partial charge < -0.3 is 9.80 Å². The van der Waals surface area contributed by atoms with Crippen LogP contribution in [0.2, 0.25) is 0 Å². The summed E-state index contributed by atoms with van der Waals surface area (Å²) in [6.45, 7) is 6.60. The van der Waals surface area contributed by atoms with Gasteiger partial charge in [0, 0.05) is 73.6 Å². The Morgan fingerprint density at radius 3 is 2.25 bits per heavy atom. The van der Waals surface area contributed by atoms with Gasteiger partial charge in [0.2, 0.25) is 5.91 Å². The van der Waals surface area contributed by atoms with Crippen LogP contribution in [0.25, 0.3) is 39.1 Å². The second-order valence-electron chi connectivity index (χ2n) is 13.4. The third-order valence-electron chi connectivity index (χ3n) is 10.0. The van der Waals surface area contributed by atoms with Crippen molar-refractivity contribution in [2.45, 2.75) is 32.5 Å². The molecule has 2 saturated heterocycles. The maximum absolute atomic E-state index is 13.4. The zero-order valence-corrected chi connectivity index (χ0v) is 28.2. The van der Waals surface area contributed by atoms with Crippen LogP contribution >= 0.6 is 0 Å². The number of pyridine rings is 2. The summed E-state index contributed by atoms with van der Waals surface area (Å²) in [5, 5.41) is 5.57. The van der Waals surface area contributed by atoms with Crippen molar-refractivity contribution in [3.05, 3.63) is 108 Å². The number of hydrogen-bond donors (Lipinski definition) is 0. The normalized spacial score (nSPS) is 16.3. The topological polar surface area (TPSA) is 82.8 Å². The first-order valence-electron chi connectivity index (χ1n) is 17.3. The number of halogens is 3. The van der Waals surface area contributed by atoms with Crippen LogP contribution in [0.1, 0.15) is 29.7 Å². The number of benzene rings is 2. The van der Waals surface area contributed by atoms with Crippen LogP contribution in [0, 0.1) is 12.8 Å². The SMILES string of the molecule is Cc1cc2ncc3cc(-c4ccccc4)c(-c4ccc(CN5CCC(C(=O)N6CCN(c7ccc(C(F)(F)F)cn7)CC6)CC5)cc4)nc3n2n1. The number of carbonyl (C=O) groups is 1. The Morgan fingerprint density at radius 1 is 0.824 bits per heavy atom. The minimum atomic E-state index is -4.41. The number of fused-ring (bicyclic) bond motifs is 3. The van der Waals surface area contributed by atoms with Gasteiger partial charge >= 0.3 is 6.18 Å². The van der Waals surface area contributed by atoms with E-state index in [0.29, 0.717) is 32.0 Å². The van der Waals surface area contributed by atoms with Crippen molar-refractivity contribution < 1.29 is 18.0 Å². The van der Waals surface area contributed by atoms with Crippen LogP contribution < -0.4 is 4.90 Å². The first-order chi connectivity index (χ1) is 24.7. The number of amides is 1. The molecule has 12 heteroatoms. The minimum absolute atomic E-state index is 0.0185. The van der Waals surface area contributed by atoms with Gasteiger partial charge in [-0.3, -0.25) is 9.69 Å². The molecular weight excluding hydrogens is 653 g/mol. The fourth-order valence-corrected chi connectivity index (χ4v) is 7.23. The highest BCUT2D eigenvalue weighted by Crippen LogP contribution is 2.34. The highest BCUT2D eigenvalue weighted by Gasteiger charge is 2.33. The molecule has 2 aliphatic rings. The molecule has 0 saturated carbocycles. The molecule has 0 spiro atoms. The fourth-order valence-electron chi connectivity index (χ4n) is 7.23. The summed E-state index contributed by atoms with van der Waals surface area (Å²) in [6.07, 6.45) is -0.0761. The van der Waals surface area contributed by atoms with Gasteiger partial charge in [-0.15, -0.1) is 0 Å². The molecular formula is C39H37F3N8O. The molecule has 2 aliphatic heterocycles.